The maximum absolute atomic E-state index is 13.3. The van der Waals surface area contributed by atoms with E-state index >= 15 is 0 Å². The normalized spacial score (nSPS) is 13.7. The van der Waals surface area contributed by atoms with E-state index in [2.05, 4.69) is 20.6 Å². The second-order valence-corrected chi connectivity index (χ2v) is 9.12. The number of aromatic nitrogens is 4. The minimum Gasteiger partial charge on any atom is -0.412 e. The molecular formula is C24H23Cl2N7O3. The van der Waals surface area contributed by atoms with Gasteiger partial charge in [-0.3, -0.25) is 9.59 Å². The lowest BCUT2D eigenvalue weighted by Crippen LogP contribution is -2.46. The number of carbonyl (C=O) groups is 1. The Labute approximate surface area is 216 Å². The number of piperazine rings is 1. The number of fused-ring (bicyclic) bond motifs is 1. The Balaban J connectivity index is 1.49. The van der Waals surface area contributed by atoms with Crippen LogP contribution < -0.4 is 21.0 Å². The molecule has 36 heavy (non-hydrogen) atoms. The Kier molecular flexibility index (Phi) is 6.57. The predicted molar refractivity (Wildman–Crippen MR) is 139 cm³/mol. The third kappa shape index (κ3) is 4.39. The summed E-state index contributed by atoms with van der Waals surface area (Å²) in [7, 11) is 3.19. The van der Waals surface area contributed by atoms with E-state index in [0.29, 0.717) is 45.5 Å². The van der Waals surface area contributed by atoms with Crippen LogP contribution in [0.1, 0.15) is 10.5 Å². The fourth-order valence-electron chi connectivity index (χ4n) is 4.24. The molecule has 2 N–H and O–H groups in total. The highest BCUT2D eigenvalue weighted by Gasteiger charge is 2.22. The van der Waals surface area contributed by atoms with Crippen LogP contribution in [0.25, 0.3) is 22.2 Å². The van der Waals surface area contributed by atoms with Gasteiger partial charge in [-0.05, 0) is 24.3 Å². The average molecular weight is 528 g/mol. The van der Waals surface area contributed by atoms with Gasteiger partial charge < -0.3 is 24.9 Å². The molecule has 0 atom stereocenters. The van der Waals surface area contributed by atoms with Crippen LogP contribution in [0.15, 0.2) is 47.5 Å². The lowest BCUT2D eigenvalue weighted by atomic mass is 10.1. The molecule has 3 aromatic heterocycles. The van der Waals surface area contributed by atoms with Gasteiger partial charge in [0, 0.05) is 56.6 Å². The standard InChI is InChI=1S/C24H23Cl2N7O3/c1-31-13-15(11-19(31)23(35)32-8-6-27-7-9-32)29-24-28-12-14-10-16(20-17(25)4-3-5-18(20)26)22(34)33(36-2)21(14)30-24/h3-5,10-13,27H,6-9H2,1-2H3,(H,28,29,30). The highest BCUT2D eigenvalue weighted by atomic mass is 35.5. The smallest absolute Gasteiger partial charge is 0.293 e. The van der Waals surface area contributed by atoms with Crippen LogP contribution in [-0.4, -0.2) is 63.4 Å². The van der Waals surface area contributed by atoms with Crippen molar-refractivity contribution in [2.75, 3.05) is 38.6 Å². The zero-order valence-corrected chi connectivity index (χ0v) is 21.1. The van der Waals surface area contributed by atoms with E-state index in [1.165, 1.54) is 7.11 Å². The lowest BCUT2D eigenvalue weighted by molar-refractivity contribution is 0.0726. The van der Waals surface area contributed by atoms with E-state index in [0.717, 1.165) is 17.8 Å². The number of benzene rings is 1. The Morgan fingerprint density at radius 3 is 2.58 bits per heavy atom. The molecule has 5 rings (SSSR count). The third-order valence-electron chi connectivity index (χ3n) is 6.00. The number of hydrogen-bond acceptors (Lipinski definition) is 7. The molecule has 1 aliphatic heterocycles. The van der Waals surface area contributed by atoms with Gasteiger partial charge in [-0.1, -0.05) is 29.3 Å². The van der Waals surface area contributed by atoms with Crippen LogP contribution in [0.5, 0.6) is 0 Å². The van der Waals surface area contributed by atoms with E-state index in [4.69, 9.17) is 28.0 Å². The van der Waals surface area contributed by atoms with Crippen LogP contribution in [0.3, 0.4) is 0 Å². The highest BCUT2D eigenvalue weighted by molar-refractivity contribution is 6.39. The maximum atomic E-state index is 13.3. The van der Waals surface area contributed by atoms with Gasteiger partial charge in [0.05, 0.1) is 21.3 Å². The van der Waals surface area contributed by atoms with Crippen molar-refractivity contribution in [1.29, 1.82) is 0 Å². The van der Waals surface area contributed by atoms with Gasteiger partial charge in [0.15, 0.2) is 5.65 Å². The van der Waals surface area contributed by atoms with Crippen molar-refractivity contribution in [2.45, 2.75) is 0 Å². The number of carbonyl (C=O) groups excluding carboxylic acids is 1. The molecular weight excluding hydrogens is 505 g/mol. The first kappa shape index (κ1) is 24.1. The van der Waals surface area contributed by atoms with Gasteiger partial charge in [-0.25, -0.2) is 4.98 Å². The first-order chi connectivity index (χ1) is 17.4. The molecule has 0 radical (unpaired) electrons. The summed E-state index contributed by atoms with van der Waals surface area (Å²) in [6.45, 7) is 2.88. The van der Waals surface area contributed by atoms with Crippen LogP contribution in [-0.2, 0) is 7.05 Å². The van der Waals surface area contributed by atoms with Crippen molar-refractivity contribution in [3.63, 3.8) is 0 Å². The van der Waals surface area contributed by atoms with Crippen molar-refractivity contribution in [3.05, 3.63) is 68.8 Å². The van der Waals surface area contributed by atoms with Crippen molar-refractivity contribution < 1.29 is 9.63 Å². The van der Waals surface area contributed by atoms with Gasteiger partial charge in [0.1, 0.15) is 12.8 Å². The Morgan fingerprint density at radius 2 is 1.89 bits per heavy atom. The number of nitrogens with one attached hydrogen (secondary N) is 2. The number of pyridine rings is 1. The van der Waals surface area contributed by atoms with E-state index in [1.807, 2.05) is 11.9 Å². The molecule has 0 aliphatic carbocycles. The van der Waals surface area contributed by atoms with Crippen LogP contribution in [0.4, 0.5) is 11.6 Å². The maximum Gasteiger partial charge on any atom is 0.293 e. The topological polar surface area (TPSA) is 106 Å². The third-order valence-corrected chi connectivity index (χ3v) is 6.63. The van der Waals surface area contributed by atoms with Crippen LogP contribution in [0, 0.1) is 0 Å². The fraction of sp³-hybridized carbons (Fsp3) is 0.250. The van der Waals surface area contributed by atoms with Crippen LogP contribution in [0.2, 0.25) is 10.0 Å². The molecule has 1 fully saturated rings. The number of aryl methyl sites for hydroxylation is 1. The molecule has 1 aromatic carbocycles. The van der Waals surface area contributed by atoms with Gasteiger partial charge >= 0.3 is 0 Å². The van der Waals surface area contributed by atoms with E-state index in [1.54, 1.807) is 47.3 Å². The molecule has 4 heterocycles. The Bertz CT molecular complexity index is 1510. The fourth-order valence-corrected chi connectivity index (χ4v) is 4.84. The summed E-state index contributed by atoms with van der Waals surface area (Å²) in [6, 6.07) is 8.42. The molecule has 0 spiro atoms. The molecule has 0 unspecified atom stereocenters. The summed E-state index contributed by atoms with van der Waals surface area (Å²) >= 11 is 12.7. The molecule has 10 nitrogen and oxygen atoms in total. The second kappa shape index (κ2) is 9.81. The summed E-state index contributed by atoms with van der Waals surface area (Å²) in [5.74, 6) is 0.202. The zero-order valence-electron chi connectivity index (χ0n) is 19.6. The Morgan fingerprint density at radius 1 is 1.17 bits per heavy atom. The molecule has 4 aromatic rings. The second-order valence-electron chi connectivity index (χ2n) is 8.30. The number of nitrogens with zero attached hydrogens (tertiary/aromatic N) is 5. The van der Waals surface area contributed by atoms with Gasteiger partial charge in [-0.2, -0.15) is 4.98 Å². The van der Waals surface area contributed by atoms with Crippen molar-refractivity contribution in [2.24, 2.45) is 7.05 Å². The molecule has 12 heteroatoms. The van der Waals surface area contributed by atoms with Crippen LogP contribution >= 0.6 is 23.2 Å². The molecule has 186 valence electrons. The molecule has 0 bridgehead atoms. The van der Waals surface area contributed by atoms with Gasteiger partial charge in [0.25, 0.3) is 11.5 Å². The number of halogens is 2. The van der Waals surface area contributed by atoms with Crippen molar-refractivity contribution >= 4 is 51.8 Å². The predicted octanol–water partition coefficient (Wildman–Crippen LogP) is 2.95. The largest absolute Gasteiger partial charge is 0.412 e. The quantitative estimate of drug-likeness (QED) is 0.410. The summed E-state index contributed by atoms with van der Waals surface area (Å²) in [4.78, 5) is 42.2. The average Bonchev–Trinajstić information content (AvgIpc) is 3.24. The summed E-state index contributed by atoms with van der Waals surface area (Å²) in [5.41, 5.74) is 1.67. The molecule has 0 saturated carbocycles. The first-order valence-corrected chi connectivity index (χ1v) is 12.0. The number of hydrogen-bond donors (Lipinski definition) is 2. The lowest BCUT2D eigenvalue weighted by Gasteiger charge is -2.27. The first-order valence-electron chi connectivity index (χ1n) is 11.2. The molecule has 1 amide bonds. The van der Waals surface area contributed by atoms with E-state index < -0.39 is 5.56 Å². The highest BCUT2D eigenvalue weighted by Crippen LogP contribution is 2.33. The number of amides is 1. The number of rotatable bonds is 5. The molecule has 1 saturated heterocycles. The minimum absolute atomic E-state index is 0.0366. The van der Waals surface area contributed by atoms with Gasteiger partial charge in [0.2, 0.25) is 5.95 Å². The van der Waals surface area contributed by atoms with Crippen molar-refractivity contribution in [1.82, 2.24) is 29.5 Å². The monoisotopic (exact) mass is 527 g/mol. The van der Waals surface area contributed by atoms with Crippen molar-refractivity contribution in [3.8, 4) is 11.1 Å². The number of anilines is 2. The minimum atomic E-state index is -0.465. The summed E-state index contributed by atoms with van der Waals surface area (Å²) < 4.78 is 2.83. The van der Waals surface area contributed by atoms with E-state index in [-0.39, 0.29) is 23.1 Å². The zero-order chi connectivity index (χ0) is 25.4. The summed E-state index contributed by atoms with van der Waals surface area (Å²) in [5, 5.41) is 7.59. The Hall–Kier alpha value is -3.60. The molecule has 1 aliphatic rings. The SMILES string of the molecule is COn1c(=O)c(-c2c(Cl)cccc2Cl)cc2cnc(Nc3cc(C(=O)N4CCNCC4)n(C)c3)nc21. The summed E-state index contributed by atoms with van der Waals surface area (Å²) in [6.07, 6.45) is 3.36. The van der Waals surface area contributed by atoms with Gasteiger partial charge in [-0.15, -0.1) is 4.73 Å². The van der Waals surface area contributed by atoms with E-state index in [9.17, 15) is 9.59 Å².